The fraction of sp³-hybridized carbons (Fsp3) is 0.333. The summed E-state index contributed by atoms with van der Waals surface area (Å²) >= 11 is 0. The number of aryl methyl sites for hydroxylation is 1. The largest absolute Gasteiger partial charge is 1.00 e. The van der Waals surface area contributed by atoms with Crippen LogP contribution in [0, 0.1) is 0 Å². The number of ketones is 1. The van der Waals surface area contributed by atoms with Gasteiger partial charge < -0.3 is 24.5 Å². The predicted octanol–water partition coefficient (Wildman–Crippen LogP) is -0.815. The molecular weight excluding hydrogens is 335 g/mol. The fourth-order valence-corrected chi connectivity index (χ4v) is 1.55. The third-order valence-electron chi connectivity index (χ3n) is 2.63. The summed E-state index contributed by atoms with van der Waals surface area (Å²) in [5.74, 6) is -0.369. The SMILES string of the molecule is C/C=C/C=C/C(=O)[O-].CCOc1cc(CCC(C)=O)ccc1O.[K+]. The first-order chi connectivity index (χ1) is 10.9. The number of Topliss-reactive ketones (excluding diaryl/α,β-unsaturated/α-hetero) is 1. The van der Waals surface area contributed by atoms with E-state index in [-0.39, 0.29) is 62.9 Å². The molecule has 0 aliphatic carbocycles. The molecule has 1 aromatic carbocycles. The van der Waals surface area contributed by atoms with Crippen molar-refractivity contribution in [3.63, 3.8) is 0 Å². The Labute approximate surface area is 185 Å². The Morgan fingerprint density at radius 2 is 1.96 bits per heavy atom. The van der Waals surface area contributed by atoms with E-state index in [4.69, 9.17) is 4.74 Å². The smallest absolute Gasteiger partial charge is 0.545 e. The van der Waals surface area contributed by atoms with E-state index >= 15 is 0 Å². The Balaban J connectivity index is 0. The average molecular weight is 358 g/mol. The van der Waals surface area contributed by atoms with Gasteiger partial charge in [-0.1, -0.05) is 24.3 Å². The van der Waals surface area contributed by atoms with Crippen molar-refractivity contribution in [2.45, 2.75) is 33.6 Å². The van der Waals surface area contributed by atoms with Gasteiger partial charge in [0.05, 0.1) is 12.6 Å². The summed E-state index contributed by atoms with van der Waals surface area (Å²) in [7, 11) is 0. The van der Waals surface area contributed by atoms with E-state index in [0.717, 1.165) is 11.6 Å². The van der Waals surface area contributed by atoms with Gasteiger partial charge in [-0.3, -0.25) is 0 Å². The molecule has 5 nitrogen and oxygen atoms in total. The second kappa shape index (κ2) is 15.6. The molecule has 1 aromatic rings. The van der Waals surface area contributed by atoms with E-state index in [2.05, 4.69) is 0 Å². The Kier molecular flexibility index (Phi) is 16.5. The van der Waals surface area contributed by atoms with Crippen molar-refractivity contribution >= 4 is 11.8 Å². The number of benzene rings is 1. The molecule has 0 aliphatic heterocycles. The molecule has 0 aromatic heterocycles. The van der Waals surface area contributed by atoms with Gasteiger partial charge in [0.15, 0.2) is 11.5 Å². The molecule has 6 heteroatoms. The summed E-state index contributed by atoms with van der Waals surface area (Å²) in [5, 5.41) is 19.1. The minimum absolute atomic E-state index is 0. The van der Waals surface area contributed by atoms with Gasteiger partial charge in [-0.2, -0.15) is 0 Å². The van der Waals surface area contributed by atoms with Crippen LogP contribution in [0.2, 0.25) is 0 Å². The second-order valence-corrected chi connectivity index (χ2v) is 4.64. The summed E-state index contributed by atoms with van der Waals surface area (Å²) in [6.45, 7) is 5.76. The zero-order chi connectivity index (χ0) is 17.7. The van der Waals surface area contributed by atoms with Crippen molar-refractivity contribution in [3.05, 3.63) is 48.1 Å². The van der Waals surface area contributed by atoms with Crippen LogP contribution in [0.25, 0.3) is 0 Å². The van der Waals surface area contributed by atoms with E-state index < -0.39 is 5.97 Å². The predicted molar refractivity (Wildman–Crippen MR) is 87.2 cm³/mol. The minimum atomic E-state index is -1.16. The first kappa shape index (κ1) is 25.3. The molecule has 126 valence electrons. The Bertz CT molecular complexity index is 565. The number of allylic oxidation sites excluding steroid dienone is 3. The maximum Gasteiger partial charge on any atom is 1.00 e. The topological polar surface area (TPSA) is 86.7 Å². The maximum atomic E-state index is 10.8. The minimum Gasteiger partial charge on any atom is -0.545 e. The number of phenols is 1. The van der Waals surface area contributed by atoms with E-state index in [9.17, 15) is 19.8 Å². The van der Waals surface area contributed by atoms with Crippen molar-refractivity contribution in [2.24, 2.45) is 0 Å². The summed E-state index contributed by atoms with van der Waals surface area (Å²) in [4.78, 5) is 20.5. The number of carboxylic acid groups (broad SMARTS) is 1. The van der Waals surface area contributed by atoms with Gasteiger partial charge in [0.25, 0.3) is 0 Å². The van der Waals surface area contributed by atoms with E-state index in [1.165, 1.54) is 6.08 Å². The van der Waals surface area contributed by atoms with Gasteiger partial charge in [-0.15, -0.1) is 0 Å². The van der Waals surface area contributed by atoms with Crippen LogP contribution in [0.4, 0.5) is 0 Å². The third kappa shape index (κ3) is 13.5. The van der Waals surface area contributed by atoms with E-state index in [1.807, 2.05) is 6.92 Å². The number of carboxylic acids is 1. The van der Waals surface area contributed by atoms with Crippen molar-refractivity contribution in [2.75, 3.05) is 6.61 Å². The van der Waals surface area contributed by atoms with Crippen molar-refractivity contribution in [1.29, 1.82) is 0 Å². The molecule has 0 unspecified atom stereocenters. The van der Waals surface area contributed by atoms with Crippen LogP contribution in [0.3, 0.4) is 0 Å². The van der Waals surface area contributed by atoms with Gasteiger partial charge in [-0.25, -0.2) is 0 Å². The summed E-state index contributed by atoms with van der Waals surface area (Å²) < 4.78 is 5.25. The van der Waals surface area contributed by atoms with Crippen molar-refractivity contribution < 1.29 is 75.9 Å². The molecule has 0 bridgehead atoms. The number of carbonyl (C=O) groups is 2. The second-order valence-electron chi connectivity index (χ2n) is 4.64. The molecule has 0 saturated carbocycles. The molecule has 0 fully saturated rings. The molecule has 0 saturated heterocycles. The molecule has 0 atom stereocenters. The van der Waals surface area contributed by atoms with Gasteiger partial charge >= 0.3 is 51.4 Å². The number of carbonyl (C=O) groups excluding carboxylic acids is 2. The summed E-state index contributed by atoms with van der Waals surface area (Å²) in [6, 6.07) is 5.18. The quantitative estimate of drug-likeness (QED) is 0.391. The Morgan fingerprint density at radius 1 is 1.29 bits per heavy atom. The van der Waals surface area contributed by atoms with Crippen LogP contribution < -0.4 is 61.2 Å². The number of hydrogen-bond donors (Lipinski definition) is 1. The maximum absolute atomic E-state index is 10.8. The third-order valence-corrected chi connectivity index (χ3v) is 2.63. The van der Waals surface area contributed by atoms with Crippen LogP contribution in [0.5, 0.6) is 11.5 Å². The summed E-state index contributed by atoms with van der Waals surface area (Å²) in [5.41, 5.74) is 1.01. The van der Waals surface area contributed by atoms with Crippen LogP contribution in [0.1, 0.15) is 32.8 Å². The number of ether oxygens (including phenoxy) is 1. The molecule has 0 amide bonds. The zero-order valence-corrected chi connectivity index (χ0v) is 17.9. The molecule has 0 aliphatic rings. The van der Waals surface area contributed by atoms with Crippen LogP contribution >= 0.6 is 0 Å². The number of aromatic hydroxyl groups is 1. The number of hydrogen-bond acceptors (Lipinski definition) is 5. The van der Waals surface area contributed by atoms with E-state index in [1.54, 1.807) is 44.2 Å². The van der Waals surface area contributed by atoms with Gasteiger partial charge in [0, 0.05) is 6.42 Å². The molecule has 0 heterocycles. The molecule has 1 rings (SSSR count). The molecule has 0 spiro atoms. The molecule has 24 heavy (non-hydrogen) atoms. The first-order valence-corrected chi connectivity index (χ1v) is 7.35. The van der Waals surface area contributed by atoms with Crippen LogP contribution in [0.15, 0.2) is 42.5 Å². The van der Waals surface area contributed by atoms with Crippen LogP contribution in [-0.2, 0) is 16.0 Å². The van der Waals surface area contributed by atoms with Crippen molar-refractivity contribution in [1.82, 2.24) is 0 Å². The molecular formula is C18H23KO5. The monoisotopic (exact) mass is 358 g/mol. The number of phenolic OH excluding ortho intramolecular Hbond substituents is 1. The standard InChI is InChI=1S/C12H16O3.C6H8O2.K/c1-3-15-12-8-10(5-4-9(2)13)6-7-11(12)14;1-2-3-4-5-6(7)8;/h6-8,14H,3-5H2,1-2H3;2-5H,1H3,(H,7,8);/q;;+1/p-1/b;3-2+,5-4+;. The Morgan fingerprint density at radius 3 is 2.46 bits per heavy atom. The number of aliphatic carboxylic acids is 1. The van der Waals surface area contributed by atoms with Crippen LogP contribution in [-0.4, -0.2) is 23.5 Å². The average Bonchev–Trinajstić information content (AvgIpc) is 2.49. The fourth-order valence-electron chi connectivity index (χ4n) is 1.55. The zero-order valence-electron chi connectivity index (χ0n) is 14.7. The van der Waals surface area contributed by atoms with Gasteiger partial charge in [0.2, 0.25) is 0 Å². The molecule has 0 radical (unpaired) electrons. The summed E-state index contributed by atoms with van der Waals surface area (Å²) in [6.07, 6.45) is 6.95. The van der Waals surface area contributed by atoms with E-state index in [0.29, 0.717) is 25.2 Å². The van der Waals surface area contributed by atoms with Gasteiger partial charge in [0.1, 0.15) is 5.78 Å². The normalized spacial score (nSPS) is 9.96. The van der Waals surface area contributed by atoms with Crippen molar-refractivity contribution in [3.8, 4) is 11.5 Å². The Hall–Kier alpha value is -0.924. The first-order valence-electron chi connectivity index (χ1n) is 7.35. The number of rotatable bonds is 7. The van der Waals surface area contributed by atoms with Gasteiger partial charge in [-0.05, 0) is 51.0 Å². The molecule has 1 N–H and O–H groups in total.